The number of nitrogens with one attached hydrogen (secondary N) is 1. The molecule has 0 aliphatic rings. The standard InChI is InChI=1S/C17H13ClN2O3/c1-20(11-8-6-10(18)7-9-11)17(23)14-15(21)12-4-2-3-5-13(12)19-16(14)22/h2-9H,1H3,(H2,19,21,22). The van der Waals surface area contributed by atoms with E-state index in [0.717, 1.165) is 0 Å². The molecule has 0 fully saturated rings. The maximum Gasteiger partial charge on any atom is 0.267 e. The Bertz CT molecular complexity index is 948. The predicted molar refractivity (Wildman–Crippen MR) is 90.4 cm³/mol. The summed E-state index contributed by atoms with van der Waals surface area (Å²) in [6.45, 7) is 0. The Hall–Kier alpha value is -2.79. The summed E-state index contributed by atoms with van der Waals surface area (Å²) < 4.78 is 0. The Morgan fingerprint density at radius 1 is 1.13 bits per heavy atom. The van der Waals surface area contributed by atoms with Gasteiger partial charge >= 0.3 is 0 Å². The van der Waals surface area contributed by atoms with Gasteiger partial charge in [-0.05, 0) is 36.4 Å². The highest BCUT2D eigenvalue weighted by Crippen LogP contribution is 2.26. The number of hydrogen-bond acceptors (Lipinski definition) is 3. The number of fused-ring (bicyclic) bond motifs is 1. The van der Waals surface area contributed by atoms with E-state index in [0.29, 0.717) is 21.6 Å². The van der Waals surface area contributed by atoms with Crippen LogP contribution in [0.3, 0.4) is 0 Å². The van der Waals surface area contributed by atoms with Crippen molar-refractivity contribution in [2.24, 2.45) is 0 Å². The lowest BCUT2D eigenvalue weighted by molar-refractivity contribution is 0.0989. The van der Waals surface area contributed by atoms with Crippen LogP contribution < -0.4 is 10.5 Å². The molecule has 116 valence electrons. The summed E-state index contributed by atoms with van der Waals surface area (Å²) in [4.78, 5) is 28.7. The predicted octanol–water partition coefficient (Wildman–Crippen LogP) is 3.16. The normalized spacial score (nSPS) is 10.7. The van der Waals surface area contributed by atoms with Crippen LogP contribution in [-0.2, 0) is 0 Å². The van der Waals surface area contributed by atoms with Crippen molar-refractivity contribution >= 4 is 34.1 Å². The lowest BCUT2D eigenvalue weighted by atomic mass is 10.1. The van der Waals surface area contributed by atoms with Crippen LogP contribution in [0.4, 0.5) is 5.69 Å². The Morgan fingerprint density at radius 3 is 2.48 bits per heavy atom. The molecular formula is C17H13ClN2O3. The molecule has 0 atom stereocenters. The second-order valence-corrected chi connectivity index (χ2v) is 5.50. The number of anilines is 1. The summed E-state index contributed by atoms with van der Waals surface area (Å²) in [5.74, 6) is -0.924. The van der Waals surface area contributed by atoms with Crippen LogP contribution in [0.15, 0.2) is 53.3 Å². The molecule has 1 amide bonds. The number of rotatable bonds is 2. The Balaban J connectivity index is 2.10. The number of benzene rings is 2. The van der Waals surface area contributed by atoms with Crippen molar-refractivity contribution in [2.75, 3.05) is 11.9 Å². The van der Waals surface area contributed by atoms with Crippen molar-refractivity contribution < 1.29 is 9.90 Å². The third-order valence-corrected chi connectivity index (χ3v) is 3.88. The van der Waals surface area contributed by atoms with E-state index < -0.39 is 11.5 Å². The molecule has 3 rings (SSSR count). The fraction of sp³-hybridized carbons (Fsp3) is 0.0588. The van der Waals surface area contributed by atoms with Gasteiger partial charge < -0.3 is 15.0 Å². The summed E-state index contributed by atoms with van der Waals surface area (Å²) in [6.07, 6.45) is 0. The highest BCUT2D eigenvalue weighted by atomic mass is 35.5. The van der Waals surface area contributed by atoms with Gasteiger partial charge in [-0.1, -0.05) is 23.7 Å². The molecule has 6 heteroatoms. The summed E-state index contributed by atoms with van der Waals surface area (Å²) >= 11 is 5.83. The second-order valence-electron chi connectivity index (χ2n) is 5.06. The smallest absolute Gasteiger partial charge is 0.267 e. The summed E-state index contributed by atoms with van der Waals surface area (Å²) in [7, 11) is 1.53. The van der Waals surface area contributed by atoms with Crippen molar-refractivity contribution in [1.29, 1.82) is 0 Å². The van der Waals surface area contributed by atoms with Gasteiger partial charge in [-0.15, -0.1) is 0 Å². The molecule has 5 nitrogen and oxygen atoms in total. The highest BCUT2D eigenvalue weighted by Gasteiger charge is 2.23. The van der Waals surface area contributed by atoms with Crippen LogP contribution in [-0.4, -0.2) is 23.0 Å². The number of carbonyl (C=O) groups is 1. The molecule has 0 aliphatic carbocycles. The lowest BCUT2D eigenvalue weighted by Crippen LogP contribution is -2.31. The quantitative estimate of drug-likeness (QED) is 0.759. The number of amides is 1. The molecule has 0 radical (unpaired) electrons. The molecule has 0 saturated heterocycles. The minimum Gasteiger partial charge on any atom is -0.506 e. The molecule has 3 aromatic rings. The number of hydrogen-bond donors (Lipinski definition) is 2. The number of carbonyl (C=O) groups excluding carboxylic acids is 1. The molecule has 1 aromatic heterocycles. The van der Waals surface area contributed by atoms with E-state index in [-0.39, 0.29) is 11.3 Å². The molecule has 0 saturated carbocycles. The Labute approximate surface area is 136 Å². The van der Waals surface area contributed by atoms with E-state index in [1.165, 1.54) is 11.9 Å². The SMILES string of the molecule is CN(C(=O)c1c(O)c2ccccc2[nH]c1=O)c1ccc(Cl)cc1. The van der Waals surface area contributed by atoms with Crippen molar-refractivity contribution in [3.05, 3.63) is 69.5 Å². The topological polar surface area (TPSA) is 73.4 Å². The average molecular weight is 329 g/mol. The fourth-order valence-corrected chi connectivity index (χ4v) is 2.50. The summed E-state index contributed by atoms with van der Waals surface area (Å²) in [5.41, 5.74) is 0.111. The van der Waals surface area contributed by atoms with Crippen LogP contribution in [0.5, 0.6) is 5.75 Å². The molecule has 1 heterocycles. The number of aromatic amines is 1. The molecule has 2 aromatic carbocycles. The zero-order chi connectivity index (χ0) is 16.6. The van der Waals surface area contributed by atoms with Gasteiger partial charge in [0, 0.05) is 23.1 Å². The molecule has 0 bridgehead atoms. The van der Waals surface area contributed by atoms with E-state index in [4.69, 9.17) is 11.6 Å². The number of aromatic hydroxyl groups is 1. The summed E-state index contributed by atoms with van der Waals surface area (Å²) in [5, 5.41) is 11.3. The van der Waals surface area contributed by atoms with E-state index >= 15 is 0 Å². The maximum atomic E-state index is 12.6. The van der Waals surface area contributed by atoms with Gasteiger partial charge in [-0.3, -0.25) is 9.59 Å². The molecule has 2 N–H and O–H groups in total. The van der Waals surface area contributed by atoms with Crippen LogP contribution in [0.1, 0.15) is 10.4 Å². The number of pyridine rings is 1. The van der Waals surface area contributed by atoms with Crippen molar-refractivity contribution in [3.63, 3.8) is 0 Å². The maximum absolute atomic E-state index is 12.6. The first kappa shape index (κ1) is 15.1. The number of para-hydroxylation sites is 1. The van der Waals surface area contributed by atoms with Crippen LogP contribution >= 0.6 is 11.6 Å². The van der Waals surface area contributed by atoms with E-state index in [1.54, 1.807) is 48.5 Å². The zero-order valence-electron chi connectivity index (χ0n) is 12.2. The third-order valence-electron chi connectivity index (χ3n) is 3.63. The third kappa shape index (κ3) is 2.66. The van der Waals surface area contributed by atoms with Crippen molar-refractivity contribution in [2.45, 2.75) is 0 Å². The van der Waals surface area contributed by atoms with Gasteiger partial charge in [0.15, 0.2) is 0 Å². The first-order valence-electron chi connectivity index (χ1n) is 6.86. The van der Waals surface area contributed by atoms with Gasteiger partial charge in [0.2, 0.25) is 0 Å². The first-order chi connectivity index (χ1) is 11.0. The Kier molecular flexibility index (Phi) is 3.80. The molecule has 0 unspecified atom stereocenters. The van der Waals surface area contributed by atoms with Gasteiger partial charge in [0.25, 0.3) is 11.5 Å². The fourth-order valence-electron chi connectivity index (χ4n) is 2.37. The Morgan fingerprint density at radius 2 is 1.78 bits per heavy atom. The van der Waals surface area contributed by atoms with E-state index in [9.17, 15) is 14.7 Å². The van der Waals surface area contributed by atoms with E-state index in [1.807, 2.05) is 0 Å². The van der Waals surface area contributed by atoms with Gasteiger partial charge in [-0.2, -0.15) is 0 Å². The first-order valence-corrected chi connectivity index (χ1v) is 7.24. The molecule has 0 aliphatic heterocycles. The molecule has 0 spiro atoms. The van der Waals surface area contributed by atoms with E-state index in [2.05, 4.69) is 4.98 Å². The number of aromatic nitrogens is 1. The molecular weight excluding hydrogens is 316 g/mol. The van der Waals surface area contributed by atoms with Gasteiger partial charge in [0.05, 0.1) is 5.52 Å². The van der Waals surface area contributed by atoms with Crippen molar-refractivity contribution in [1.82, 2.24) is 4.98 Å². The van der Waals surface area contributed by atoms with Crippen LogP contribution in [0.25, 0.3) is 10.9 Å². The monoisotopic (exact) mass is 328 g/mol. The number of H-pyrrole nitrogens is 1. The average Bonchev–Trinajstić information content (AvgIpc) is 2.54. The zero-order valence-corrected chi connectivity index (χ0v) is 13.0. The summed E-state index contributed by atoms with van der Waals surface area (Å²) in [6, 6.07) is 13.4. The van der Waals surface area contributed by atoms with Gasteiger partial charge in [-0.25, -0.2) is 0 Å². The largest absolute Gasteiger partial charge is 0.506 e. The second kappa shape index (κ2) is 5.78. The highest BCUT2D eigenvalue weighted by molar-refractivity contribution is 6.30. The minimum absolute atomic E-state index is 0.291. The number of halogens is 1. The van der Waals surface area contributed by atoms with Crippen LogP contribution in [0.2, 0.25) is 5.02 Å². The lowest BCUT2D eigenvalue weighted by Gasteiger charge is -2.18. The minimum atomic E-state index is -0.632. The van der Waals surface area contributed by atoms with Gasteiger partial charge in [0.1, 0.15) is 11.3 Å². The van der Waals surface area contributed by atoms with Crippen LogP contribution in [0, 0.1) is 0 Å². The number of nitrogens with zero attached hydrogens (tertiary/aromatic N) is 1. The molecule has 23 heavy (non-hydrogen) atoms. The van der Waals surface area contributed by atoms with Crippen molar-refractivity contribution in [3.8, 4) is 5.75 Å².